The Morgan fingerprint density at radius 1 is 0.643 bits per heavy atom. The Bertz CT molecular complexity index is 1310. The Morgan fingerprint density at radius 3 is 2.21 bits per heavy atom. The van der Waals surface area contributed by atoms with Crippen LogP contribution in [0.1, 0.15) is 49.9 Å². The van der Waals surface area contributed by atoms with Gasteiger partial charge in [0, 0.05) is 34.2 Å². The highest BCUT2D eigenvalue weighted by Gasteiger charge is 2.45. The Balaban J connectivity index is 1.78. The van der Waals surface area contributed by atoms with E-state index in [1.165, 1.54) is 44.3 Å². The van der Waals surface area contributed by atoms with E-state index in [9.17, 15) is 0 Å². The summed E-state index contributed by atoms with van der Waals surface area (Å²) in [6.45, 7) is 9.35. The molecule has 0 bridgehead atoms. The minimum Gasteiger partial charge on any atom is -0.256 e. The number of hydrogen-bond acceptors (Lipinski definition) is 2. The van der Waals surface area contributed by atoms with Gasteiger partial charge >= 0.3 is 0 Å². The number of benzene rings is 2. The van der Waals surface area contributed by atoms with Gasteiger partial charge in [0.2, 0.25) is 0 Å². The number of hydrogen-bond donors (Lipinski definition) is 0. The lowest BCUT2D eigenvalue weighted by molar-refractivity contribution is 0.649. The van der Waals surface area contributed by atoms with Crippen LogP contribution in [-0.4, -0.2) is 9.97 Å². The molecule has 0 saturated heterocycles. The van der Waals surface area contributed by atoms with Crippen molar-refractivity contribution in [2.75, 3.05) is 0 Å². The molecule has 0 aliphatic heterocycles. The van der Waals surface area contributed by atoms with Crippen molar-refractivity contribution in [3.63, 3.8) is 0 Å². The van der Waals surface area contributed by atoms with Crippen molar-refractivity contribution in [2.24, 2.45) is 0 Å². The zero-order chi connectivity index (χ0) is 19.3. The van der Waals surface area contributed by atoms with Crippen molar-refractivity contribution in [3.8, 4) is 22.4 Å². The van der Waals surface area contributed by atoms with Crippen molar-refractivity contribution >= 4 is 10.9 Å². The molecule has 0 radical (unpaired) electrons. The SMILES string of the molecule is CC1(C)c2cccnc2-c2ccc3c(c21)-c1ccc2cccnc2c1C3(C)C. The van der Waals surface area contributed by atoms with Gasteiger partial charge in [-0.15, -0.1) is 0 Å². The Labute approximate surface area is 165 Å². The van der Waals surface area contributed by atoms with E-state index in [1.807, 2.05) is 18.5 Å². The molecule has 0 saturated carbocycles. The number of aromatic nitrogens is 2. The van der Waals surface area contributed by atoms with Gasteiger partial charge in [0.15, 0.2) is 0 Å². The Kier molecular flexibility index (Phi) is 2.79. The van der Waals surface area contributed by atoms with Gasteiger partial charge in [-0.25, -0.2) is 0 Å². The van der Waals surface area contributed by atoms with Crippen LogP contribution in [0.4, 0.5) is 0 Å². The summed E-state index contributed by atoms with van der Waals surface area (Å²) < 4.78 is 0. The summed E-state index contributed by atoms with van der Waals surface area (Å²) in [7, 11) is 0. The highest BCUT2D eigenvalue weighted by atomic mass is 14.7. The fourth-order valence-corrected chi connectivity index (χ4v) is 5.63. The Hall–Kier alpha value is -3.00. The van der Waals surface area contributed by atoms with Gasteiger partial charge in [0.05, 0.1) is 11.2 Å². The van der Waals surface area contributed by atoms with Gasteiger partial charge in [-0.1, -0.05) is 64.1 Å². The highest BCUT2D eigenvalue weighted by Crippen LogP contribution is 2.59. The number of nitrogens with zero attached hydrogens (tertiary/aromatic N) is 2. The summed E-state index contributed by atoms with van der Waals surface area (Å²) in [5.74, 6) is 0. The van der Waals surface area contributed by atoms with Gasteiger partial charge in [0.25, 0.3) is 0 Å². The van der Waals surface area contributed by atoms with Gasteiger partial charge in [-0.3, -0.25) is 9.97 Å². The topological polar surface area (TPSA) is 25.8 Å². The predicted octanol–water partition coefficient (Wildman–Crippen LogP) is 6.24. The largest absolute Gasteiger partial charge is 0.256 e. The van der Waals surface area contributed by atoms with Gasteiger partial charge in [-0.2, -0.15) is 0 Å². The third-order valence-electron chi connectivity index (χ3n) is 6.91. The normalized spacial score (nSPS) is 17.1. The van der Waals surface area contributed by atoms with Crippen LogP contribution < -0.4 is 0 Å². The van der Waals surface area contributed by atoms with Crippen LogP contribution >= 0.6 is 0 Å². The summed E-state index contributed by atoms with van der Waals surface area (Å²) in [5, 5.41) is 1.21. The van der Waals surface area contributed by atoms with Gasteiger partial charge < -0.3 is 0 Å². The van der Waals surface area contributed by atoms with Crippen molar-refractivity contribution in [1.29, 1.82) is 0 Å². The van der Waals surface area contributed by atoms with Crippen molar-refractivity contribution < 1.29 is 0 Å². The molecule has 2 heteroatoms. The summed E-state index contributed by atoms with van der Waals surface area (Å²) in [4.78, 5) is 9.54. The number of rotatable bonds is 0. The van der Waals surface area contributed by atoms with E-state index < -0.39 is 0 Å². The van der Waals surface area contributed by atoms with Crippen LogP contribution in [0, 0.1) is 0 Å². The molecule has 2 aliphatic rings. The maximum absolute atomic E-state index is 4.79. The molecule has 0 unspecified atom stereocenters. The average Bonchev–Trinajstić information content (AvgIpc) is 3.08. The third kappa shape index (κ3) is 1.70. The molecule has 0 N–H and O–H groups in total. The molecule has 4 aromatic rings. The second kappa shape index (κ2) is 4.88. The smallest absolute Gasteiger partial charge is 0.0748 e. The number of pyridine rings is 2. The average molecular weight is 362 g/mol. The fraction of sp³-hybridized carbons (Fsp3) is 0.231. The molecule has 0 atom stereocenters. The molecule has 6 rings (SSSR count). The third-order valence-corrected chi connectivity index (χ3v) is 6.91. The maximum Gasteiger partial charge on any atom is 0.0748 e. The van der Waals surface area contributed by atoms with Crippen LogP contribution in [0.3, 0.4) is 0 Å². The van der Waals surface area contributed by atoms with E-state index in [4.69, 9.17) is 9.97 Å². The molecule has 2 aromatic carbocycles. The standard InChI is InChI=1S/C26H22N2/c1-25(2)18-12-11-17-21(26(3,4)19-8-6-14-28-24(17)19)20(18)16-10-9-15-7-5-13-27-23(15)22(16)25/h5-14H,1-4H3. The zero-order valence-corrected chi connectivity index (χ0v) is 16.7. The molecule has 2 heterocycles. The molecule has 0 spiro atoms. The van der Waals surface area contributed by atoms with Crippen molar-refractivity contribution in [1.82, 2.24) is 9.97 Å². The van der Waals surface area contributed by atoms with Crippen LogP contribution in [0.2, 0.25) is 0 Å². The van der Waals surface area contributed by atoms with Crippen LogP contribution in [0.5, 0.6) is 0 Å². The quantitative estimate of drug-likeness (QED) is 0.370. The molecular formula is C26H22N2. The Morgan fingerprint density at radius 2 is 1.36 bits per heavy atom. The minimum atomic E-state index is -0.0775. The molecule has 2 nitrogen and oxygen atoms in total. The zero-order valence-electron chi connectivity index (χ0n) is 16.7. The second-order valence-corrected chi connectivity index (χ2v) is 9.12. The van der Waals surface area contributed by atoms with E-state index in [-0.39, 0.29) is 10.8 Å². The highest BCUT2D eigenvalue weighted by molar-refractivity contribution is 5.99. The minimum absolute atomic E-state index is 0.0684. The first-order chi connectivity index (χ1) is 13.4. The van der Waals surface area contributed by atoms with E-state index in [1.54, 1.807) is 0 Å². The summed E-state index contributed by atoms with van der Waals surface area (Å²) in [6, 6.07) is 17.6. The van der Waals surface area contributed by atoms with Crippen LogP contribution in [0.15, 0.2) is 60.9 Å². The molecule has 0 fully saturated rings. The lowest BCUT2D eigenvalue weighted by Gasteiger charge is -2.26. The summed E-state index contributed by atoms with van der Waals surface area (Å²) >= 11 is 0. The van der Waals surface area contributed by atoms with E-state index in [2.05, 4.69) is 70.2 Å². The lowest BCUT2D eigenvalue weighted by atomic mass is 9.77. The summed E-state index contributed by atoms with van der Waals surface area (Å²) in [6.07, 6.45) is 3.82. The maximum atomic E-state index is 4.79. The molecule has 0 amide bonds. The van der Waals surface area contributed by atoms with E-state index in [0.717, 1.165) is 11.2 Å². The first kappa shape index (κ1) is 16.0. The second-order valence-electron chi connectivity index (χ2n) is 9.12. The van der Waals surface area contributed by atoms with Gasteiger partial charge in [0.1, 0.15) is 0 Å². The summed E-state index contributed by atoms with van der Waals surface area (Å²) in [5.41, 5.74) is 11.6. The molecule has 28 heavy (non-hydrogen) atoms. The predicted molar refractivity (Wildman–Crippen MR) is 115 cm³/mol. The van der Waals surface area contributed by atoms with Crippen LogP contribution in [0.25, 0.3) is 33.3 Å². The van der Waals surface area contributed by atoms with Crippen LogP contribution in [-0.2, 0) is 10.8 Å². The molecule has 2 aromatic heterocycles. The van der Waals surface area contributed by atoms with Crippen molar-refractivity contribution in [3.05, 3.63) is 83.2 Å². The van der Waals surface area contributed by atoms with E-state index in [0.29, 0.717) is 0 Å². The fourth-order valence-electron chi connectivity index (χ4n) is 5.63. The monoisotopic (exact) mass is 362 g/mol. The van der Waals surface area contributed by atoms with Gasteiger partial charge in [-0.05, 0) is 45.5 Å². The van der Waals surface area contributed by atoms with Crippen molar-refractivity contribution in [2.45, 2.75) is 38.5 Å². The number of fused-ring (bicyclic) bond motifs is 9. The first-order valence-electron chi connectivity index (χ1n) is 9.95. The first-order valence-corrected chi connectivity index (χ1v) is 9.95. The molecule has 136 valence electrons. The van der Waals surface area contributed by atoms with E-state index >= 15 is 0 Å². The molecular weight excluding hydrogens is 340 g/mol. The lowest BCUT2D eigenvalue weighted by Crippen LogP contribution is -2.18. The molecule has 2 aliphatic carbocycles.